The maximum Gasteiger partial charge on any atom is 0.416 e. The van der Waals surface area contributed by atoms with Crippen LogP contribution in [0.15, 0.2) is 82.5 Å². The van der Waals surface area contributed by atoms with Crippen molar-refractivity contribution < 1.29 is 55.8 Å². The monoisotopic (exact) mass is 1030 g/mol. The van der Waals surface area contributed by atoms with E-state index in [-0.39, 0.29) is 57.9 Å². The normalized spacial score (nSPS) is 14.5. The molecular formula is C50H58F3N11O10. The summed E-state index contributed by atoms with van der Waals surface area (Å²) in [5.41, 5.74) is 8.12. The molecule has 5 heterocycles. The summed E-state index contributed by atoms with van der Waals surface area (Å²) < 4.78 is 67.4. The minimum absolute atomic E-state index is 0.0271. The van der Waals surface area contributed by atoms with Crippen LogP contribution in [0, 0.1) is 11.8 Å². The third-order valence-corrected chi connectivity index (χ3v) is 11.9. The van der Waals surface area contributed by atoms with E-state index >= 15 is 0 Å². The van der Waals surface area contributed by atoms with Gasteiger partial charge in [0.2, 0.25) is 17.7 Å². The summed E-state index contributed by atoms with van der Waals surface area (Å²) in [6, 6.07) is 15.6. The molecule has 0 aliphatic carbocycles. The van der Waals surface area contributed by atoms with Gasteiger partial charge in [0.15, 0.2) is 11.4 Å². The lowest BCUT2D eigenvalue weighted by Crippen LogP contribution is -2.44. The second-order valence-corrected chi connectivity index (χ2v) is 18.7. The van der Waals surface area contributed by atoms with E-state index in [0.29, 0.717) is 75.9 Å². The first kappa shape index (κ1) is 54.1. The third kappa shape index (κ3) is 13.9. The largest absolute Gasteiger partial charge is 0.444 e. The Labute approximate surface area is 422 Å². The lowest BCUT2D eigenvalue weighted by molar-refractivity contribution is -0.137. The number of benzene rings is 2. The van der Waals surface area contributed by atoms with Crippen LogP contribution in [0.4, 0.5) is 29.5 Å². The van der Waals surface area contributed by atoms with Crippen LogP contribution in [0.25, 0.3) is 28.2 Å². The number of amides is 5. The van der Waals surface area contributed by atoms with Crippen molar-refractivity contribution in [3.05, 3.63) is 106 Å². The van der Waals surface area contributed by atoms with Gasteiger partial charge in [0, 0.05) is 57.4 Å². The summed E-state index contributed by atoms with van der Waals surface area (Å²) in [5, 5.41) is 12.5. The maximum absolute atomic E-state index is 13.5. The highest BCUT2D eigenvalue weighted by Gasteiger charge is 2.37. The van der Waals surface area contributed by atoms with Crippen LogP contribution in [-0.2, 0) is 50.4 Å². The first-order valence-corrected chi connectivity index (χ1v) is 23.8. The molecule has 24 heteroatoms. The number of aryl methyl sites for hydroxylation is 2. The van der Waals surface area contributed by atoms with E-state index in [1.807, 2.05) is 37.3 Å². The number of nitrogens with zero attached hydrogens (tertiary/aromatic N) is 7. The molecule has 2 atom stereocenters. The summed E-state index contributed by atoms with van der Waals surface area (Å²) >= 11 is 0. The molecule has 6 aromatic rings. The van der Waals surface area contributed by atoms with E-state index < -0.39 is 42.0 Å². The summed E-state index contributed by atoms with van der Waals surface area (Å²) in [7, 11) is 1.75. The molecule has 1 saturated heterocycles. The Morgan fingerprint density at radius 3 is 2.46 bits per heavy atom. The van der Waals surface area contributed by atoms with E-state index in [4.69, 9.17) is 24.4 Å². The average Bonchev–Trinajstić information content (AvgIpc) is 4.07. The van der Waals surface area contributed by atoms with Crippen LogP contribution in [0.3, 0.4) is 0 Å². The molecule has 4 aromatic heterocycles. The quantitative estimate of drug-likeness (QED) is 0.0472. The Bertz CT molecular complexity index is 3050. The molecule has 0 unspecified atom stereocenters. The highest BCUT2D eigenvalue weighted by Crippen LogP contribution is 2.29. The van der Waals surface area contributed by atoms with Crippen molar-refractivity contribution in [2.75, 3.05) is 49.7 Å². The molecule has 0 radical (unpaired) electrons. The van der Waals surface area contributed by atoms with Gasteiger partial charge in [-0.15, -0.1) is 0 Å². The van der Waals surface area contributed by atoms with Crippen molar-refractivity contribution >= 4 is 52.3 Å². The van der Waals surface area contributed by atoms with Gasteiger partial charge in [0.25, 0.3) is 11.8 Å². The van der Waals surface area contributed by atoms with Crippen LogP contribution in [0.2, 0.25) is 0 Å². The zero-order valence-electron chi connectivity index (χ0n) is 41.5. The molecule has 21 nitrogen and oxygen atoms in total. The number of piperidine rings is 1. The minimum atomic E-state index is -4.78. The van der Waals surface area contributed by atoms with Crippen molar-refractivity contribution in [3.8, 4) is 17.1 Å². The number of nitrogens with one attached hydrogen (secondary N) is 3. The van der Waals surface area contributed by atoms with E-state index in [2.05, 4.69) is 31.0 Å². The molecule has 0 saturated carbocycles. The molecule has 1 aliphatic rings. The number of rotatable bonds is 22. The van der Waals surface area contributed by atoms with Gasteiger partial charge in [0.1, 0.15) is 24.2 Å². The Balaban J connectivity index is 0.830. The fourth-order valence-corrected chi connectivity index (χ4v) is 8.35. The van der Waals surface area contributed by atoms with Crippen molar-refractivity contribution in [3.63, 3.8) is 0 Å². The molecule has 1 aliphatic heterocycles. The number of alkyl halides is 3. The summed E-state index contributed by atoms with van der Waals surface area (Å²) in [6.45, 7) is 8.04. The summed E-state index contributed by atoms with van der Waals surface area (Å²) in [4.78, 5) is 84.2. The summed E-state index contributed by atoms with van der Waals surface area (Å²) in [6.07, 6.45) is -0.303. The van der Waals surface area contributed by atoms with Crippen molar-refractivity contribution in [2.24, 2.45) is 24.6 Å². The van der Waals surface area contributed by atoms with Gasteiger partial charge >= 0.3 is 18.0 Å². The molecule has 5 N–H and O–H groups in total. The highest BCUT2D eigenvalue weighted by atomic mass is 19.4. The predicted octanol–water partition coefficient (Wildman–Crippen LogP) is 5.68. The zero-order valence-corrected chi connectivity index (χ0v) is 41.5. The van der Waals surface area contributed by atoms with Crippen molar-refractivity contribution in [1.29, 1.82) is 0 Å². The lowest BCUT2D eigenvalue weighted by atomic mass is 9.86. The smallest absolute Gasteiger partial charge is 0.416 e. The second-order valence-electron chi connectivity index (χ2n) is 18.7. The van der Waals surface area contributed by atoms with Crippen molar-refractivity contribution in [2.45, 2.75) is 78.2 Å². The molecular weight excluding hydrogens is 972 g/mol. The predicted molar refractivity (Wildman–Crippen MR) is 263 cm³/mol. The van der Waals surface area contributed by atoms with Gasteiger partial charge in [-0.3, -0.25) is 38.5 Å². The van der Waals surface area contributed by atoms with E-state index in [0.717, 1.165) is 47.1 Å². The fourth-order valence-electron chi connectivity index (χ4n) is 8.35. The molecule has 5 amide bonds. The average molecular weight is 1030 g/mol. The van der Waals surface area contributed by atoms with Crippen molar-refractivity contribution in [1.82, 2.24) is 39.5 Å². The standard InChI is InChI=1S/C50H58F3N11O10/c1-30(35-15-16-40(65)59-44(35)67)26-62-38-10-6-8-32(42(38)61(5)47(62)69)9-7-20-71-22-23-72-21-19-55-25-31-11-13-34(14-12-31)64-27-36(41(60-64)43(54)66)57-45(68)37-28-73-46(58-37)33-17-18-56-39(24-33)63(29-50(51,52)53)48(70)74-49(2,3)4/h6,8,10-14,17-18,24,27-28,30,35,55H,7,9,15-16,19-23,25-26,29H2,1-5H3,(H2,54,66)(H,57,68)(H,59,65,67)/t30-,35-/m0/s1. The van der Waals surface area contributed by atoms with Gasteiger partial charge in [-0.05, 0) is 87.4 Å². The van der Waals surface area contributed by atoms with Crippen LogP contribution >= 0.6 is 0 Å². The summed E-state index contributed by atoms with van der Waals surface area (Å²) in [5.74, 6) is -3.33. The molecule has 394 valence electrons. The number of para-hydroxylation sites is 1. The van der Waals surface area contributed by atoms with Crippen LogP contribution in [0.1, 0.15) is 79.1 Å². The van der Waals surface area contributed by atoms with E-state index in [1.165, 1.54) is 37.7 Å². The first-order valence-electron chi connectivity index (χ1n) is 23.8. The number of carbonyl (C=O) groups excluding carboxylic acids is 5. The topological polar surface area (TPSA) is 262 Å². The Kier molecular flexibility index (Phi) is 17.1. The number of pyridine rings is 1. The number of primary amides is 1. The molecule has 74 heavy (non-hydrogen) atoms. The number of oxazole rings is 1. The van der Waals surface area contributed by atoms with Crippen LogP contribution < -0.4 is 32.3 Å². The molecule has 2 aromatic carbocycles. The Hall–Kier alpha value is -7.70. The number of hydrogen-bond donors (Lipinski definition) is 4. The van der Waals surface area contributed by atoms with Crippen LogP contribution in [0.5, 0.6) is 0 Å². The van der Waals surface area contributed by atoms with Crippen LogP contribution in [-0.4, -0.2) is 110 Å². The highest BCUT2D eigenvalue weighted by molar-refractivity contribution is 6.07. The van der Waals surface area contributed by atoms with Gasteiger partial charge in [-0.1, -0.05) is 31.2 Å². The lowest BCUT2D eigenvalue weighted by Gasteiger charge is -2.27. The number of carbonyl (C=O) groups is 5. The molecule has 1 fully saturated rings. The second kappa shape index (κ2) is 23.4. The number of ether oxygens (including phenoxy) is 3. The number of nitrogens with two attached hydrogens (primary N) is 1. The SMILES string of the molecule is C[C@@H](Cn1c(=O)n(C)c2c(CCCOCCOCCNCc3ccc(-n4cc(NC(=O)c5coc(-c6ccnc(N(CC(F)(F)F)C(=O)OC(C)(C)C)c6)n5)c(C(N)=O)n4)cc3)cccc21)[C@@H]1CCC(=O)NC1=O. The number of halogens is 3. The number of anilines is 2. The molecule has 0 spiro atoms. The number of hydrogen-bond acceptors (Lipinski definition) is 14. The zero-order chi connectivity index (χ0) is 53.3. The van der Waals surface area contributed by atoms with Gasteiger partial charge in [0.05, 0.1) is 48.4 Å². The number of imidazole rings is 1. The fraction of sp³-hybridized carbons (Fsp3) is 0.420. The van der Waals surface area contributed by atoms with Gasteiger partial charge in [-0.25, -0.2) is 24.2 Å². The molecule has 0 bridgehead atoms. The third-order valence-electron chi connectivity index (χ3n) is 11.9. The first-order chi connectivity index (χ1) is 35.2. The van der Waals surface area contributed by atoms with E-state index in [9.17, 15) is 41.9 Å². The number of fused-ring (bicyclic) bond motifs is 1. The number of aromatic nitrogens is 6. The van der Waals surface area contributed by atoms with Gasteiger partial charge in [-0.2, -0.15) is 18.3 Å². The van der Waals surface area contributed by atoms with E-state index in [1.54, 1.807) is 28.3 Å². The molecule has 7 rings (SSSR count). The number of imide groups is 1. The maximum atomic E-state index is 13.5. The minimum Gasteiger partial charge on any atom is -0.444 e. The Morgan fingerprint density at radius 2 is 1.76 bits per heavy atom. The Morgan fingerprint density at radius 1 is 1.01 bits per heavy atom. The van der Waals surface area contributed by atoms with Gasteiger partial charge < -0.3 is 35.0 Å².